The molecular formula is C11H23N3O. The molecule has 2 N–H and O–H groups in total. The summed E-state index contributed by atoms with van der Waals surface area (Å²) in [5, 5.41) is 13.2. The van der Waals surface area contributed by atoms with Gasteiger partial charge < -0.3 is 15.3 Å². The first-order valence-corrected chi connectivity index (χ1v) is 6.01. The molecule has 88 valence electrons. The van der Waals surface area contributed by atoms with Crippen molar-refractivity contribution in [1.82, 2.24) is 15.1 Å². The third-order valence-electron chi connectivity index (χ3n) is 3.68. The predicted octanol–water partition coefficient (Wildman–Crippen LogP) is -0.655. The van der Waals surface area contributed by atoms with Gasteiger partial charge in [0, 0.05) is 38.3 Å². The minimum absolute atomic E-state index is 0.184. The molecule has 0 radical (unpaired) electrons. The molecule has 0 aromatic carbocycles. The summed E-state index contributed by atoms with van der Waals surface area (Å²) in [6, 6.07) is 0.878. The molecule has 2 saturated heterocycles. The Balaban J connectivity index is 2.00. The van der Waals surface area contributed by atoms with Gasteiger partial charge in [-0.15, -0.1) is 0 Å². The van der Waals surface area contributed by atoms with Crippen LogP contribution < -0.4 is 5.32 Å². The molecule has 3 atom stereocenters. The van der Waals surface area contributed by atoms with Crippen LogP contribution in [0, 0.1) is 0 Å². The molecule has 0 spiro atoms. The first-order chi connectivity index (χ1) is 7.18. The van der Waals surface area contributed by atoms with Crippen LogP contribution in [-0.2, 0) is 0 Å². The van der Waals surface area contributed by atoms with Crippen molar-refractivity contribution in [3.63, 3.8) is 0 Å². The average Bonchev–Trinajstić information content (AvgIpc) is 2.51. The molecule has 2 heterocycles. The molecule has 0 saturated carbocycles. The van der Waals surface area contributed by atoms with Crippen LogP contribution in [0.2, 0.25) is 0 Å². The number of aliphatic hydroxyl groups excluding tert-OH is 1. The minimum atomic E-state index is -0.184. The van der Waals surface area contributed by atoms with Crippen molar-refractivity contribution in [3.05, 3.63) is 0 Å². The molecular weight excluding hydrogens is 190 g/mol. The van der Waals surface area contributed by atoms with Gasteiger partial charge in [0.1, 0.15) is 0 Å². The first-order valence-electron chi connectivity index (χ1n) is 6.01. The number of hydrogen-bond acceptors (Lipinski definition) is 4. The van der Waals surface area contributed by atoms with Gasteiger partial charge in [0.25, 0.3) is 0 Å². The summed E-state index contributed by atoms with van der Waals surface area (Å²) in [7, 11) is 2.18. The molecule has 15 heavy (non-hydrogen) atoms. The molecule has 0 amide bonds. The molecule has 2 rings (SSSR count). The summed E-state index contributed by atoms with van der Waals surface area (Å²) < 4.78 is 0. The smallest absolute Gasteiger partial charge is 0.0831 e. The quantitative estimate of drug-likeness (QED) is 0.607. The van der Waals surface area contributed by atoms with Gasteiger partial charge in [0.15, 0.2) is 0 Å². The van der Waals surface area contributed by atoms with Gasteiger partial charge in [-0.3, -0.25) is 4.90 Å². The van der Waals surface area contributed by atoms with Gasteiger partial charge in [-0.1, -0.05) is 0 Å². The minimum Gasteiger partial charge on any atom is -0.390 e. The van der Waals surface area contributed by atoms with Gasteiger partial charge in [-0.2, -0.15) is 0 Å². The summed E-state index contributed by atoms with van der Waals surface area (Å²) in [6.07, 6.45) is 1.03. The molecule has 0 aromatic rings. The number of nitrogens with zero attached hydrogens (tertiary/aromatic N) is 2. The van der Waals surface area contributed by atoms with Crippen molar-refractivity contribution in [3.8, 4) is 0 Å². The van der Waals surface area contributed by atoms with Gasteiger partial charge in [0.2, 0.25) is 0 Å². The number of nitrogens with one attached hydrogen (secondary N) is 1. The zero-order chi connectivity index (χ0) is 10.8. The summed E-state index contributed by atoms with van der Waals surface area (Å²) in [6.45, 7) is 7.38. The largest absolute Gasteiger partial charge is 0.390 e. The fraction of sp³-hybridized carbons (Fsp3) is 1.00. The Hall–Kier alpha value is -0.160. The maximum atomic E-state index is 9.90. The Morgan fingerprint density at radius 3 is 2.73 bits per heavy atom. The third-order valence-corrected chi connectivity index (χ3v) is 3.68. The van der Waals surface area contributed by atoms with Crippen LogP contribution >= 0.6 is 0 Å². The van der Waals surface area contributed by atoms with Crippen LogP contribution in [0.25, 0.3) is 0 Å². The SMILES string of the molecule is CC1CN(C)CCCN1C1CNCC1O. The van der Waals surface area contributed by atoms with Crippen molar-refractivity contribution in [2.75, 3.05) is 39.8 Å². The van der Waals surface area contributed by atoms with E-state index in [-0.39, 0.29) is 6.10 Å². The van der Waals surface area contributed by atoms with Crippen LogP contribution in [0.15, 0.2) is 0 Å². The van der Waals surface area contributed by atoms with E-state index in [0.29, 0.717) is 12.1 Å². The molecule has 2 aliphatic heterocycles. The Morgan fingerprint density at radius 2 is 2.07 bits per heavy atom. The first kappa shape index (κ1) is 11.3. The number of aliphatic hydroxyl groups is 1. The zero-order valence-corrected chi connectivity index (χ0v) is 9.82. The monoisotopic (exact) mass is 213 g/mol. The van der Waals surface area contributed by atoms with Crippen LogP contribution in [0.1, 0.15) is 13.3 Å². The fourth-order valence-corrected chi connectivity index (χ4v) is 2.87. The Labute approximate surface area is 92.2 Å². The second-order valence-corrected chi connectivity index (χ2v) is 5.00. The van der Waals surface area contributed by atoms with E-state index in [1.54, 1.807) is 0 Å². The van der Waals surface area contributed by atoms with Gasteiger partial charge in [-0.25, -0.2) is 0 Å². The highest BCUT2D eigenvalue weighted by Gasteiger charge is 2.34. The van der Waals surface area contributed by atoms with Gasteiger partial charge in [0.05, 0.1) is 6.10 Å². The van der Waals surface area contributed by atoms with E-state index < -0.39 is 0 Å². The molecule has 4 nitrogen and oxygen atoms in total. The number of likely N-dealkylation sites (N-methyl/N-ethyl adjacent to an activating group) is 1. The third kappa shape index (κ3) is 2.50. The average molecular weight is 213 g/mol. The van der Waals surface area contributed by atoms with Crippen LogP contribution in [-0.4, -0.2) is 72.9 Å². The second kappa shape index (κ2) is 4.78. The molecule has 2 fully saturated rings. The topological polar surface area (TPSA) is 38.7 Å². The Morgan fingerprint density at radius 1 is 1.27 bits per heavy atom. The molecule has 0 aromatic heterocycles. The standard InChI is InChI=1S/C11H23N3O/c1-9-8-13(2)4-3-5-14(9)10-6-12-7-11(10)15/h9-12,15H,3-8H2,1-2H3. The van der Waals surface area contributed by atoms with E-state index in [2.05, 4.69) is 29.1 Å². The van der Waals surface area contributed by atoms with E-state index in [1.807, 2.05) is 0 Å². The Kier molecular flexibility index (Phi) is 3.61. The maximum absolute atomic E-state index is 9.90. The van der Waals surface area contributed by atoms with Gasteiger partial charge in [-0.05, 0) is 26.9 Å². The van der Waals surface area contributed by atoms with Gasteiger partial charge >= 0.3 is 0 Å². The van der Waals surface area contributed by atoms with E-state index in [1.165, 1.54) is 13.0 Å². The normalized spacial score (nSPS) is 40.6. The van der Waals surface area contributed by atoms with Crippen molar-refractivity contribution >= 4 is 0 Å². The lowest BCUT2D eigenvalue weighted by Gasteiger charge is -2.34. The zero-order valence-electron chi connectivity index (χ0n) is 9.82. The van der Waals surface area contributed by atoms with E-state index in [0.717, 1.165) is 26.2 Å². The van der Waals surface area contributed by atoms with E-state index >= 15 is 0 Å². The van der Waals surface area contributed by atoms with Crippen molar-refractivity contribution in [1.29, 1.82) is 0 Å². The molecule has 4 heteroatoms. The summed E-state index contributed by atoms with van der Waals surface area (Å²) >= 11 is 0. The highest BCUT2D eigenvalue weighted by Crippen LogP contribution is 2.16. The van der Waals surface area contributed by atoms with E-state index in [4.69, 9.17) is 0 Å². The number of β-amino-alcohol motifs (C(OH)–C–C–N with tert-alkyl or cyclic N) is 1. The van der Waals surface area contributed by atoms with Crippen LogP contribution in [0.3, 0.4) is 0 Å². The predicted molar refractivity (Wildman–Crippen MR) is 60.9 cm³/mol. The number of hydrogen-bond donors (Lipinski definition) is 2. The Bertz CT molecular complexity index is 212. The van der Waals surface area contributed by atoms with E-state index in [9.17, 15) is 5.11 Å². The maximum Gasteiger partial charge on any atom is 0.0831 e. The van der Waals surface area contributed by atoms with Crippen LogP contribution in [0.5, 0.6) is 0 Å². The molecule has 0 bridgehead atoms. The summed E-state index contributed by atoms with van der Waals surface area (Å²) in [5.41, 5.74) is 0. The van der Waals surface area contributed by atoms with Crippen molar-refractivity contribution in [2.45, 2.75) is 31.5 Å². The molecule has 2 aliphatic rings. The van der Waals surface area contributed by atoms with Crippen molar-refractivity contribution < 1.29 is 5.11 Å². The lowest BCUT2D eigenvalue weighted by Crippen LogP contribution is -2.49. The molecule has 0 aliphatic carbocycles. The lowest BCUT2D eigenvalue weighted by molar-refractivity contribution is 0.0601. The fourth-order valence-electron chi connectivity index (χ4n) is 2.87. The van der Waals surface area contributed by atoms with Crippen molar-refractivity contribution in [2.24, 2.45) is 0 Å². The summed E-state index contributed by atoms with van der Waals surface area (Å²) in [4.78, 5) is 4.87. The highest BCUT2D eigenvalue weighted by atomic mass is 16.3. The number of rotatable bonds is 1. The highest BCUT2D eigenvalue weighted by molar-refractivity contribution is 4.92. The summed E-state index contributed by atoms with van der Waals surface area (Å²) in [5.74, 6) is 0. The molecule has 3 unspecified atom stereocenters. The van der Waals surface area contributed by atoms with Crippen LogP contribution in [0.4, 0.5) is 0 Å². The lowest BCUT2D eigenvalue weighted by atomic mass is 10.1. The second-order valence-electron chi connectivity index (χ2n) is 5.00.